The summed E-state index contributed by atoms with van der Waals surface area (Å²) in [5, 5.41) is 0. The molecule has 0 amide bonds. The molecule has 0 saturated carbocycles. The first-order chi connectivity index (χ1) is 18.3. The summed E-state index contributed by atoms with van der Waals surface area (Å²) in [6.45, 7) is 48.0. The lowest BCUT2D eigenvalue weighted by atomic mass is 10.0. The van der Waals surface area contributed by atoms with Crippen LogP contribution in [0.1, 0.15) is 150 Å². The van der Waals surface area contributed by atoms with Gasteiger partial charge < -0.3 is 14.7 Å². The van der Waals surface area contributed by atoms with Crippen molar-refractivity contribution in [2.45, 2.75) is 150 Å². The number of piperidine rings is 1. The Kier molecular flexibility index (Phi) is 48.9. The Labute approximate surface area is 246 Å². The van der Waals surface area contributed by atoms with Gasteiger partial charge in [0.25, 0.3) is 0 Å². The minimum Gasteiger partial charge on any atom is -0.303 e. The van der Waals surface area contributed by atoms with Gasteiger partial charge in [-0.15, -0.1) is 0 Å². The summed E-state index contributed by atoms with van der Waals surface area (Å²) in [7, 11) is 0. The molecule has 3 fully saturated rings. The summed E-state index contributed by atoms with van der Waals surface area (Å²) in [6, 6.07) is 0. The second-order valence-electron chi connectivity index (χ2n) is 10.9. The topological polar surface area (TPSA) is 9.72 Å². The van der Waals surface area contributed by atoms with Crippen molar-refractivity contribution in [1.82, 2.24) is 14.7 Å². The quantitative estimate of drug-likeness (QED) is 0.328. The van der Waals surface area contributed by atoms with Crippen LogP contribution in [0.25, 0.3) is 0 Å². The molecule has 3 nitrogen and oxygen atoms in total. The normalized spacial score (nSPS) is 17.1. The van der Waals surface area contributed by atoms with Crippen LogP contribution in [-0.2, 0) is 0 Å². The van der Waals surface area contributed by atoms with Crippen LogP contribution in [0.2, 0.25) is 0 Å². The van der Waals surface area contributed by atoms with E-state index >= 15 is 0 Å². The maximum Gasteiger partial charge on any atom is 0.00195 e. The highest BCUT2D eigenvalue weighted by atomic mass is 15.2. The predicted octanol–water partition coefficient (Wildman–Crippen LogP) is 10.6. The fraction of sp³-hybridized carbons (Fsp3) is 1.00. The number of hydrogen-bond donors (Lipinski definition) is 0. The third-order valence-electron chi connectivity index (χ3n) is 5.66. The van der Waals surface area contributed by atoms with Gasteiger partial charge in [-0.3, -0.25) is 0 Å². The van der Waals surface area contributed by atoms with E-state index in [0.29, 0.717) is 0 Å². The van der Waals surface area contributed by atoms with Gasteiger partial charge in [-0.05, 0) is 75.5 Å². The summed E-state index contributed by atoms with van der Waals surface area (Å²) < 4.78 is 0. The minimum atomic E-state index is 0.845. The molecular formula is C35H83N3. The molecule has 0 bridgehead atoms. The molecule has 3 rings (SSSR count). The molecule has 38 heavy (non-hydrogen) atoms. The fourth-order valence-corrected chi connectivity index (χ4v) is 4.63. The number of rotatable bonds is 6. The smallest absolute Gasteiger partial charge is 0.00195 e. The first-order valence-electron chi connectivity index (χ1n) is 17.4. The monoisotopic (exact) mass is 546 g/mol. The molecule has 0 N–H and O–H groups in total. The predicted molar refractivity (Wildman–Crippen MR) is 183 cm³/mol. The zero-order valence-electron chi connectivity index (χ0n) is 30.6. The van der Waals surface area contributed by atoms with Crippen LogP contribution >= 0.6 is 0 Å². The number of likely N-dealkylation sites (tertiary alicyclic amines) is 3. The molecule has 0 aromatic rings. The molecule has 238 valence electrons. The molecule has 3 aliphatic rings. The van der Waals surface area contributed by atoms with Crippen molar-refractivity contribution in [3.8, 4) is 0 Å². The zero-order chi connectivity index (χ0) is 30.9. The summed E-state index contributed by atoms with van der Waals surface area (Å²) in [6.07, 6.45) is 7.15. The maximum atomic E-state index is 2.59. The summed E-state index contributed by atoms with van der Waals surface area (Å²) in [4.78, 5) is 7.67. The van der Waals surface area contributed by atoms with Crippen molar-refractivity contribution in [3.05, 3.63) is 0 Å². The molecule has 3 heteroatoms. The summed E-state index contributed by atoms with van der Waals surface area (Å²) in [5.41, 5.74) is 0. The Balaban J connectivity index is -0.000000123. The molecule has 3 heterocycles. The Morgan fingerprint density at radius 1 is 0.421 bits per heavy atom. The molecule has 0 radical (unpaired) electrons. The molecule has 0 aromatic heterocycles. The van der Waals surface area contributed by atoms with Crippen LogP contribution in [0.5, 0.6) is 0 Å². The Morgan fingerprint density at radius 3 is 0.895 bits per heavy atom. The van der Waals surface area contributed by atoms with Crippen LogP contribution in [0, 0.1) is 23.7 Å². The molecule has 0 unspecified atom stereocenters. The van der Waals surface area contributed by atoms with Gasteiger partial charge in [0.1, 0.15) is 0 Å². The molecule has 3 saturated heterocycles. The molecule has 0 aliphatic carbocycles. The van der Waals surface area contributed by atoms with E-state index in [0.717, 1.165) is 23.7 Å². The van der Waals surface area contributed by atoms with Gasteiger partial charge in [0.05, 0.1) is 0 Å². The molecule has 0 atom stereocenters. The summed E-state index contributed by atoms with van der Waals surface area (Å²) in [5.74, 6) is 3.50. The van der Waals surface area contributed by atoms with Crippen molar-refractivity contribution in [2.24, 2.45) is 23.7 Å². The molecule has 0 spiro atoms. The average Bonchev–Trinajstić information content (AvgIpc) is 3.42. The first kappa shape index (κ1) is 47.7. The van der Waals surface area contributed by atoms with Crippen molar-refractivity contribution < 1.29 is 0 Å². The van der Waals surface area contributed by atoms with Crippen molar-refractivity contribution in [1.29, 1.82) is 0 Å². The van der Waals surface area contributed by atoms with Crippen molar-refractivity contribution in [2.75, 3.05) is 58.9 Å². The van der Waals surface area contributed by atoms with Gasteiger partial charge in [0, 0.05) is 32.7 Å². The zero-order valence-corrected chi connectivity index (χ0v) is 30.6. The van der Waals surface area contributed by atoms with Gasteiger partial charge in [-0.25, -0.2) is 0 Å². The molecule has 3 aliphatic heterocycles. The third kappa shape index (κ3) is 35.9. The van der Waals surface area contributed by atoms with E-state index in [4.69, 9.17) is 0 Å². The fourth-order valence-electron chi connectivity index (χ4n) is 4.63. The van der Waals surface area contributed by atoms with E-state index in [1.54, 1.807) is 0 Å². The van der Waals surface area contributed by atoms with E-state index in [2.05, 4.69) is 63.2 Å². The van der Waals surface area contributed by atoms with Crippen LogP contribution in [0.4, 0.5) is 0 Å². The van der Waals surface area contributed by atoms with Crippen molar-refractivity contribution >= 4 is 0 Å². The lowest BCUT2D eigenvalue weighted by molar-refractivity contribution is 0.0987. The van der Waals surface area contributed by atoms with Crippen LogP contribution < -0.4 is 0 Å². The van der Waals surface area contributed by atoms with Gasteiger partial charge in [0.15, 0.2) is 0 Å². The first-order valence-corrected chi connectivity index (χ1v) is 17.4. The minimum absolute atomic E-state index is 0.845. The SMILES string of the molecule is CC.CC.CC.CC.CC.CC(C)CN1CC(C)C1.CC(C)CN1CCCC1.CC(C)CN1CCCCC1. The van der Waals surface area contributed by atoms with Crippen LogP contribution in [0.15, 0.2) is 0 Å². The Bertz CT molecular complexity index is 350. The van der Waals surface area contributed by atoms with Crippen LogP contribution in [-0.4, -0.2) is 73.6 Å². The highest BCUT2D eigenvalue weighted by molar-refractivity contribution is 4.76. The summed E-state index contributed by atoms with van der Waals surface area (Å²) >= 11 is 0. The largest absolute Gasteiger partial charge is 0.303 e. The van der Waals surface area contributed by atoms with E-state index in [1.807, 2.05) is 69.2 Å². The van der Waals surface area contributed by atoms with Gasteiger partial charge in [-0.2, -0.15) is 0 Å². The highest BCUT2D eigenvalue weighted by Crippen LogP contribution is 2.15. The second kappa shape index (κ2) is 39.0. The maximum absolute atomic E-state index is 2.59. The van der Waals surface area contributed by atoms with E-state index in [1.165, 1.54) is 91.0 Å². The van der Waals surface area contributed by atoms with E-state index < -0.39 is 0 Å². The van der Waals surface area contributed by atoms with Crippen LogP contribution in [0.3, 0.4) is 0 Å². The van der Waals surface area contributed by atoms with Gasteiger partial charge in [-0.1, -0.05) is 124 Å². The Morgan fingerprint density at radius 2 is 0.658 bits per heavy atom. The molecular weight excluding hydrogens is 462 g/mol. The average molecular weight is 546 g/mol. The second-order valence-corrected chi connectivity index (χ2v) is 10.9. The van der Waals surface area contributed by atoms with Gasteiger partial charge in [0.2, 0.25) is 0 Å². The van der Waals surface area contributed by atoms with E-state index in [-0.39, 0.29) is 0 Å². The van der Waals surface area contributed by atoms with E-state index in [9.17, 15) is 0 Å². The lowest BCUT2D eigenvalue weighted by Gasteiger charge is -2.38. The molecule has 0 aromatic carbocycles. The highest BCUT2D eigenvalue weighted by Gasteiger charge is 2.22. The van der Waals surface area contributed by atoms with Crippen molar-refractivity contribution in [3.63, 3.8) is 0 Å². The number of hydrogen-bond acceptors (Lipinski definition) is 3. The number of nitrogens with zero attached hydrogens (tertiary/aromatic N) is 3. The Hall–Kier alpha value is -0.120. The lowest BCUT2D eigenvalue weighted by Crippen LogP contribution is -2.46. The third-order valence-corrected chi connectivity index (χ3v) is 5.66. The standard InChI is InChI=1S/C9H19N.2C8H17N.5C2H6/c1-9(2)8-10-6-4-3-5-7-10;1-7(2)4-9-5-8(3)6-9;1-8(2)7-9-5-3-4-6-9;5*1-2/h9H,3-8H2,1-2H3;7-8H,4-6H2,1-3H3;8H,3-7H2,1-2H3;5*1-2H3. The van der Waals surface area contributed by atoms with Gasteiger partial charge >= 0.3 is 0 Å².